The highest BCUT2D eigenvalue weighted by Gasteiger charge is 2.53. The molecular weight excluding hydrogens is 1150 g/mol. The van der Waals surface area contributed by atoms with Gasteiger partial charge < -0.3 is 89.9 Å². The molecule has 19 nitrogen and oxygen atoms in total. The minimum Gasteiger partial charge on any atom is -0.394 e. The molecule has 0 aliphatic carbocycles. The highest BCUT2D eigenvalue weighted by molar-refractivity contribution is 5.76. The van der Waals surface area contributed by atoms with Crippen molar-refractivity contribution in [3.8, 4) is 0 Å². The van der Waals surface area contributed by atoms with Crippen LogP contribution in [0.15, 0.2) is 60.8 Å². The Balaban J connectivity index is 1.46. The lowest BCUT2D eigenvalue weighted by atomic mass is 9.96. The number of allylic oxidation sites excluding steroid dienone is 9. The van der Waals surface area contributed by atoms with Crippen molar-refractivity contribution in [1.82, 2.24) is 5.32 Å². The molecule has 0 spiro atoms. The molecule has 0 aromatic heterocycles. The Hall–Kier alpha value is -2.51. The first-order valence-corrected chi connectivity index (χ1v) is 35.5. The number of carbonyl (C=O) groups is 1. The maximum Gasteiger partial charge on any atom is 0.220 e. The van der Waals surface area contributed by atoms with Gasteiger partial charge in [-0.2, -0.15) is 0 Å². The SMILES string of the molecule is CCCCCCC/C=C\C/C=C\CCCCCCCCCCCC(=O)NC(COC1OC(CO)C(OC2OC(CO)C(OC3OC(CO)C(O)C(O)C3O)C(O)C2O)C(O)C1O)C(O)/C=C/CC/C=C/CC/C=C/CCCCCCCCCCCCCCCC. The number of aliphatic hydroxyl groups is 11. The predicted molar refractivity (Wildman–Crippen MR) is 351 cm³/mol. The van der Waals surface area contributed by atoms with Crippen LogP contribution in [0.1, 0.15) is 251 Å². The summed E-state index contributed by atoms with van der Waals surface area (Å²) in [5.74, 6) is -0.294. The Morgan fingerprint density at radius 1 is 0.400 bits per heavy atom. The van der Waals surface area contributed by atoms with Gasteiger partial charge in [-0.15, -0.1) is 0 Å². The van der Waals surface area contributed by atoms with Crippen LogP contribution in [0.5, 0.6) is 0 Å². The summed E-state index contributed by atoms with van der Waals surface area (Å²) < 4.78 is 34.3. The van der Waals surface area contributed by atoms with E-state index in [2.05, 4.69) is 67.8 Å². The first-order valence-electron chi connectivity index (χ1n) is 35.5. The van der Waals surface area contributed by atoms with E-state index >= 15 is 0 Å². The first-order chi connectivity index (χ1) is 43.8. The molecule has 3 fully saturated rings. The summed E-state index contributed by atoms with van der Waals surface area (Å²) in [7, 11) is 0. The number of carbonyl (C=O) groups excluding carboxylic acids is 1. The minimum absolute atomic E-state index is 0.225. The molecule has 19 heteroatoms. The fraction of sp³-hybridized carbons (Fsp3) is 0.845. The summed E-state index contributed by atoms with van der Waals surface area (Å²) in [6, 6.07) is -1.00. The summed E-state index contributed by atoms with van der Waals surface area (Å²) >= 11 is 0. The van der Waals surface area contributed by atoms with Crippen molar-refractivity contribution in [2.24, 2.45) is 0 Å². The Kier molecular flexibility index (Phi) is 47.9. The van der Waals surface area contributed by atoms with Crippen LogP contribution >= 0.6 is 0 Å². The van der Waals surface area contributed by atoms with Crippen molar-refractivity contribution in [3.63, 3.8) is 0 Å². The van der Waals surface area contributed by atoms with E-state index in [9.17, 15) is 61.0 Å². The predicted octanol–water partition coefficient (Wildman–Crippen LogP) is 9.55. The number of unbranched alkanes of at least 4 members (excludes halogenated alkanes) is 30. The van der Waals surface area contributed by atoms with Crippen molar-refractivity contribution >= 4 is 5.91 Å². The van der Waals surface area contributed by atoms with Crippen LogP contribution in [-0.2, 0) is 33.2 Å². The smallest absolute Gasteiger partial charge is 0.220 e. The molecule has 1 amide bonds. The number of amides is 1. The molecule has 0 aromatic rings. The van der Waals surface area contributed by atoms with E-state index < -0.39 is 124 Å². The Labute approximate surface area is 541 Å². The highest BCUT2D eigenvalue weighted by Crippen LogP contribution is 2.33. The van der Waals surface area contributed by atoms with Gasteiger partial charge in [-0.05, 0) is 77.0 Å². The lowest BCUT2D eigenvalue weighted by molar-refractivity contribution is -0.379. The quantitative estimate of drug-likeness (QED) is 0.0199. The molecule has 524 valence electrons. The van der Waals surface area contributed by atoms with Gasteiger partial charge in [-0.3, -0.25) is 4.79 Å². The van der Waals surface area contributed by atoms with Crippen molar-refractivity contribution in [1.29, 1.82) is 0 Å². The minimum atomic E-state index is -1.98. The number of hydrogen-bond donors (Lipinski definition) is 12. The Morgan fingerprint density at radius 2 is 0.744 bits per heavy atom. The average Bonchev–Trinajstić information content (AvgIpc) is 0.853. The van der Waals surface area contributed by atoms with Crippen LogP contribution in [0.3, 0.4) is 0 Å². The third kappa shape index (κ3) is 34.2. The van der Waals surface area contributed by atoms with Gasteiger partial charge >= 0.3 is 0 Å². The van der Waals surface area contributed by atoms with E-state index in [1.54, 1.807) is 6.08 Å². The number of hydrogen-bond acceptors (Lipinski definition) is 18. The average molecular weight is 1280 g/mol. The molecule has 3 aliphatic rings. The summed E-state index contributed by atoms with van der Waals surface area (Å²) in [4.78, 5) is 13.4. The van der Waals surface area contributed by atoms with Crippen LogP contribution in [0.2, 0.25) is 0 Å². The molecule has 12 N–H and O–H groups in total. The van der Waals surface area contributed by atoms with E-state index in [1.165, 1.54) is 154 Å². The van der Waals surface area contributed by atoms with E-state index in [0.29, 0.717) is 12.8 Å². The van der Waals surface area contributed by atoms with Gasteiger partial charge in [0.2, 0.25) is 5.91 Å². The second kappa shape index (κ2) is 52.7. The van der Waals surface area contributed by atoms with Gasteiger partial charge in [0.05, 0.1) is 38.6 Å². The normalized spacial score (nSPS) is 28.4. The molecule has 17 atom stereocenters. The van der Waals surface area contributed by atoms with Crippen LogP contribution in [0.25, 0.3) is 0 Å². The Morgan fingerprint density at radius 3 is 1.18 bits per heavy atom. The molecule has 0 saturated carbocycles. The molecule has 0 radical (unpaired) electrons. The summed E-state index contributed by atoms with van der Waals surface area (Å²) in [6.07, 6.45) is 37.7. The molecule has 90 heavy (non-hydrogen) atoms. The van der Waals surface area contributed by atoms with E-state index in [1.807, 2.05) is 6.08 Å². The zero-order valence-corrected chi connectivity index (χ0v) is 55.4. The maximum absolute atomic E-state index is 13.4. The summed E-state index contributed by atoms with van der Waals surface area (Å²) in [6.45, 7) is 1.71. The molecule has 0 bridgehead atoms. The standard InChI is InChI=1S/C71H127NO18/c1-3-5-7-9-11-13-15-17-19-21-23-25-26-27-29-30-32-34-36-38-40-42-44-46-48-55(76)54(72-59(77)49-47-45-43-41-39-37-35-33-31-28-24-22-20-18-16-14-12-10-8-6-4-2)53-85-69-65(83)62(80)67(57(51-74)87-69)90-71-66(84)63(81)68(58(52-75)88-71)89-70-64(82)61(79)60(78)56(50-73)86-70/h16,18,22,24,30,32,38,40,46,48,54-58,60-71,73-76,78-84H,3-15,17,19-21,23,25-29,31,33-37,39,41-45,47,49-53H2,1-2H3,(H,72,77)/b18-16-,24-22-,32-30+,40-38+,48-46+. The van der Waals surface area contributed by atoms with Gasteiger partial charge in [-0.25, -0.2) is 0 Å². The van der Waals surface area contributed by atoms with Gasteiger partial charge in [0.25, 0.3) is 0 Å². The van der Waals surface area contributed by atoms with Gasteiger partial charge in [0.1, 0.15) is 73.2 Å². The van der Waals surface area contributed by atoms with Crippen molar-refractivity contribution in [2.75, 3.05) is 26.4 Å². The van der Waals surface area contributed by atoms with E-state index in [4.69, 9.17) is 28.4 Å². The summed E-state index contributed by atoms with van der Waals surface area (Å²) in [5.41, 5.74) is 0. The first kappa shape index (κ1) is 81.7. The highest BCUT2D eigenvalue weighted by atomic mass is 16.8. The number of nitrogens with one attached hydrogen (secondary N) is 1. The maximum atomic E-state index is 13.4. The topological polar surface area (TPSA) is 307 Å². The fourth-order valence-corrected chi connectivity index (χ4v) is 11.7. The fourth-order valence-electron chi connectivity index (χ4n) is 11.7. The van der Waals surface area contributed by atoms with Gasteiger partial charge in [0, 0.05) is 6.42 Å². The summed E-state index contributed by atoms with van der Waals surface area (Å²) in [5, 5.41) is 121. The number of aliphatic hydroxyl groups excluding tert-OH is 11. The molecular formula is C71H127NO18. The number of rotatable bonds is 54. The van der Waals surface area contributed by atoms with E-state index in [0.717, 1.165) is 64.2 Å². The molecule has 17 unspecified atom stereocenters. The third-order valence-electron chi connectivity index (χ3n) is 17.5. The lowest BCUT2D eigenvalue weighted by Crippen LogP contribution is -2.66. The molecule has 3 saturated heterocycles. The van der Waals surface area contributed by atoms with Crippen LogP contribution in [0, 0.1) is 0 Å². The largest absolute Gasteiger partial charge is 0.394 e. The molecule has 0 aromatic carbocycles. The monoisotopic (exact) mass is 1280 g/mol. The van der Waals surface area contributed by atoms with Gasteiger partial charge in [0.15, 0.2) is 18.9 Å². The van der Waals surface area contributed by atoms with Crippen molar-refractivity contribution in [2.45, 2.75) is 356 Å². The van der Waals surface area contributed by atoms with Crippen LogP contribution in [-0.4, -0.2) is 193 Å². The van der Waals surface area contributed by atoms with Crippen molar-refractivity contribution < 1.29 is 89.4 Å². The Bertz CT molecular complexity index is 1870. The van der Waals surface area contributed by atoms with Crippen LogP contribution < -0.4 is 5.32 Å². The van der Waals surface area contributed by atoms with Gasteiger partial charge in [-0.1, -0.05) is 229 Å². The lowest BCUT2D eigenvalue weighted by Gasteiger charge is -2.48. The molecule has 3 heterocycles. The van der Waals surface area contributed by atoms with Crippen molar-refractivity contribution in [3.05, 3.63) is 60.8 Å². The molecule has 3 aliphatic heterocycles. The zero-order valence-electron chi connectivity index (χ0n) is 55.4. The third-order valence-corrected chi connectivity index (χ3v) is 17.5. The number of ether oxygens (including phenoxy) is 6. The second-order valence-electron chi connectivity index (χ2n) is 25.3. The van der Waals surface area contributed by atoms with E-state index in [-0.39, 0.29) is 18.9 Å². The second-order valence-corrected chi connectivity index (χ2v) is 25.3. The van der Waals surface area contributed by atoms with Crippen LogP contribution in [0.4, 0.5) is 0 Å². The molecule has 3 rings (SSSR count). The zero-order chi connectivity index (χ0) is 65.4.